The molecule has 6 heteroatoms. The van der Waals surface area contributed by atoms with Crippen molar-refractivity contribution in [2.45, 2.75) is 26.3 Å². The summed E-state index contributed by atoms with van der Waals surface area (Å²) in [7, 11) is -3.34. The molecule has 2 aromatic carbocycles. The van der Waals surface area contributed by atoms with Gasteiger partial charge in [-0.05, 0) is 42.7 Å². The van der Waals surface area contributed by atoms with Gasteiger partial charge in [0.15, 0.2) is 0 Å². The van der Waals surface area contributed by atoms with Crippen LogP contribution < -0.4 is 10.0 Å². The number of hydrogen-bond donors (Lipinski definition) is 2. The van der Waals surface area contributed by atoms with Crippen LogP contribution in [0.25, 0.3) is 0 Å². The minimum atomic E-state index is -3.34. The molecule has 0 fully saturated rings. The lowest BCUT2D eigenvalue weighted by molar-refractivity contribution is 0.0935. The average Bonchev–Trinajstić information content (AvgIpc) is 2.54. The van der Waals surface area contributed by atoms with Gasteiger partial charge in [-0.15, -0.1) is 0 Å². The van der Waals surface area contributed by atoms with E-state index in [1.165, 1.54) is 0 Å². The van der Waals surface area contributed by atoms with Gasteiger partial charge < -0.3 is 5.32 Å². The molecule has 0 aliphatic heterocycles. The second-order valence-corrected chi connectivity index (χ2v) is 7.50. The van der Waals surface area contributed by atoms with Gasteiger partial charge >= 0.3 is 0 Å². The molecule has 0 spiro atoms. The fourth-order valence-electron chi connectivity index (χ4n) is 2.47. The molecule has 0 aliphatic carbocycles. The zero-order valence-electron chi connectivity index (χ0n) is 14.0. The van der Waals surface area contributed by atoms with Gasteiger partial charge in [0.05, 0.1) is 18.0 Å². The predicted octanol–water partition coefficient (Wildman–Crippen LogP) is 3.25. The van der Waals surface area contributed by atoms with Crippen LogP contribution in [0, 0.1) is 6.92 Å². The molecule has 0 unspecified atom stereocenters. The first kappa shape index (κ1) is 18.0. The van der Waals surface area contributed by atoms with Crippen molar-refractivity contribution in [3.8, 4) is 0 Å². The van der Waals surface area contributed by atoms with Gasteiger partial charge in [0.1, 0.15) is 0 Å². The predicted molar refractivity (Wildman–Crippen MR) is 96.6 cm³/mol. The zero-order valence-corrected chi connectivity index (χ0v) is 14.9. The highest BCUT2D eigenvalue weighted by atomic mass is 32.2. The van der Waals surface area contributed by atoms with Gasteiger partial charge in [-0.3, -0.25) is 9.52 Å². The molecular weight excluding hydrogens is 324 g/mol. The highest BCUT2D eigenvalue weighted by Crippen LogP contribution is 2.20. The topological polar surface area (TPSA) is 75.3 Å². The first-order valence-electron chi connectivity index (χ1n) is 7.74. The van der Waals surface area contributed by atoms with Crippen molar-refractivity contribution < 1.29 is 13.2 Å². The lowest BCUT2D eigenvalue weighted by Gasteiger charge is -2.18. The van der Waals surface area contributed by atoms with E-state index in [-0.39, 0.29) is 11.9 Å². The van der Waals surface area contributed by atoms with E-state index in [1.807, 2.05) is 37.3 Å². The molecule has 0 aliphatic rings. The molecule has 2 aromatic rings. The molecule has 0 saturated carbocycles. The average molecular weight is 346 g/mol. The molecule has 2 N–H and O–H groups in total. The lowest BCUT2D eigenvalue weighted by atomic mass is 10.0. The fraction of sp³-hybridized carbons (Fsp3) is 0.278. The molecule has 2 rings (SSSR count). The number of sulfonamides is 1. The number of benzene rings is 2. The summed E-state index contributed by atoms with van der Waals surface area (Å²) in [6.07, 6.45) is 1.88. The van der Waals surface area contributed by atoms with Crippen molar-refractivity contribution in [1.82, 2.24) is 5.32 Å². The van der Waals surface area contributed by atoms with Crippen molar-refractivity contribution in [3.05, 3.63) is 65.2 Å². The molecule has 24 heavy (non-hydrogen) atoms. The lowest BCUT2D eigenvalue weighted by Crippen LogP contribution is -2.28. The van der Waals surface area contributed by atoms with Crippen LogP contribution in [0.15, 0.2) is 48.5 Å². The molecule has 1 amide bonds. The number of rotatable bonds is 6. The molecule has 0 bridgehead atoms. The van der Waals surface area contributed by atoms with E-state index < -0.39 is 10.0 Å². The molecule has 1 atom stereocenters. The monoisotopic (exact) mass is 346 g/mol. The maximum atomic E-state index is 12.5. The number of carbonyl (C=O) groups excluding carboxylic acids is 1. The van der Waals surface area contributed by atoms with Crippen molar-refractivity contribution in [3.63, 3.8) is 0 Å². The fourth-order valence-corrected chi connectivity index (χ4v) is 3.10. The summed E-state index contributed by atoms with van der Waals surface area (Å²) < 4.78 is 25.1. The van der Waals surface area contributed by atoms with Gasteiger partial charge in [-0.25, -0.2) is 8.42 Å². The van der Waals surface area contributed by atoms with Gasteiger partial charge in [-0.1, -0.05) is 37.3 Å². The number of anilines is 1. The summed E-state index contributed by atoms with van der Waals surface area (Å²) in [5.74, 6) is -0.181. The summed E-state index contributed by atoms with van der Waals surface area (Å²) in [5, 5.41) is 3.02. The van der Waals surface area contributed by atoms with Crippen molar-refractivity contribution >= 4 is 21.6 Å². The molecule has 0 saturated heterocycles. The Morgan fingerprint density at radius 2 is 1.79 bits per heavy atom. The van der Waals surface area contributed by atoms with Crippen LogP contribution in [-0.2, 0) is 10.0 Å². The Labute approximate surface area is 143 Å². The van der Waals surface area contributed by atoms with E-state index in [0.29, 0.717) is 16.8 Å². The van der Waals surface area contributed by atoms with Crippen LogP contribution in [-0.4, -0.2) is 20.6 Å². The Morgan fingerprint density at radius 1 is 1.12 bits per heavy atom. The van der Waals surface area contributed by atoms with Gasteiger partial charge in [0.25, 0.3) is 5.91 Å². The molecular formula is C18H22N2O3S. The standard InChI is InChI=1S/C18H22N2O3S/c1-4-16(14-8-6-5-7-9-14)19-18(21)15-10-11-17(13(2)12-15)20-24(3,22)23/h5-12,16,20H,4H2,1-3H3,(H,19,21)/t16-/m0/s1. The third kappa shape index (κ3) is 4.83. The van der Waals surface area contributed by atoms with Crippen molar-refractivity contribution in [2.24, 2.45) is 0 Å². The minimum absolute atomic E-state index is 0.0622. The van der Waals surface area contributed by atoms with Crippen LogP contribution in [0.3, 0.4) is 0 Å². The smallest absolute Gasteiger partial charge is 0.251 e. The van der Waals surface area contributed by atoms with E-state index in [9.17, 15) is 13.2 Å². The Kier molecular flexibility index (Phi) is 5.62. The molecule has 0 heterocycles. The van der Waals surface area contributed by atoms with E-state index in [4.69, 9.17) is 0 Å². The molecule has 5 nitrogen and oxygen atoms in total. The first-order valence-corrected chi connectivity index (χ1v) is 9.63. The largest absolute Gasteiger partial charge is 0.345 e. The second-order valence-electron chi connectivity index (χ2n) is 5.75. The molecule has 0 radical (unpaired) electrons. The number of hydrogen-bond acceptors (Lipinski definition) is 3. The van der Waals surface area contributed by atoms with Crippen LogP contribution in [0.5, 0.6) is 0 Å². The van der Waals surface area contributed by atoms with Crippen LogP contribution >= 0.6 is 0 Å². The zero-order chi connectivity index (χ0) is 17.7. The van der Waals surface area contributed by atoms with Crippen LogP contribution in [0.4, 0.5) is 5.69 Å². The number of carbonyl (C=O) groups is 1. The second kappa shape index (κ2) is 7.49. The number of amides is 1. The summed E-state index contributed by atoms with van der Waals surface area (Å²) in [5.41, 5.74) is 2.73. The van der Waals surface area contributed by atoms with Crippen LogP contribution in [0.2, 0.25) is 0 Å². The highest BCUT2D eigenvalue weighted by molar-refractivity contribution is 7.92. The third-order valence-electron chi connectivity index (χ3n) is 3.70. The summed E-state index contributed by atoms with van der Waals surface area (Å²) >= 11 is 0. The number of aryl methyl sites for hydroxylation is 1. The Bertz CT molecular complexity index is 817. The quantitative estimate of drug-likeness (QED) is 0.843. The first-order chi connectivity index (χ1) is 11.3. The van der Waals surface area contributed by atoms with E-state index >= 15 is 0 Å². The molecule has 128 valence electrons. The summed E-state index contributed by atoms with van der Waals surface area (Å²) in [6, 6.07) is 14.6. The van der Waals surface area contributed by atoms with E-state index in [0.717, 1.165) is 18.2 Å². The summed E-state index contributed by atoms with van der Waals surface area (Å²) in [4.78, 5) is 12.5. The van der Waals surface area contributed by atoms with Gasteiger partial charge in [0.2, 0.25) is 10.0 Å². The number of nitrogens with one attached hydrogen (secondary N) is 2. The minimum Gasteiger partial charge on any atom is -0.345 e. The Hall–Kier alpha value is -2.34. The van der Waals surface area contributed by atoms with Crippen LogP contribution in [0.1, 0.15) is 40.9 Å². The Balaban J connectivity index is 2.16. The SMILES string of the molecule is CC[C@H](NC(=O)c1ccc(NS(C)(=O)=O)c(C)c1)c1ccccc1. The summed E-state index contributed by atoms with van der Waals surface area (Å²) in [6.45, 7) is 3.78. The van der Waals surface area contributed by atoms with E-state index in [1.54, 1.807) is 25.1 Å². The molecule has 0 aromatic heterocycles. The maximum Gasteiger partial charge on any atom is 0.251 e. The van der Waals surface area contributed by atoms with Crippen molar-refractivity contribution in [2.75, 3.05) is 11.0 Å². The normalized spacial score (nSPS) is 12.5. The maximum absolute atomic E-state index is 12.5. The third-order valence-corrected chi connectivity index (χ3v) is 4.29. The van der Waals surface area contributed by atoms with Gasteiger partial charge in [-0.2, -0.15) is 0 Å². The Morgan fingerprint density at radius 3 is 2.33 bits per heavy atom. The van der Waals surface area contributed by atoms with Gasteiger partial charge in [0, 0.05) is 5.56 Å². The van der Waals surface area contributed by atoms with E-state index in [2.05, 4.69) is 10.0 Å². The highest BCUT2D eigenvalue weighted by Gasteiger charge is 2.15. The van der Waals surface area contributed by atoms with Crippen molar-refractivity contribution in [1.29, 1.82) is 0 Å².